The van der Waals surface area contributed by atoms with Crippen LogP contribution in [0.15, 0.2) is 0 Å². The van der Waals surface area contributed by atoms with Gasteiger partial charge < -0.3 is 14.2 Å². The first kappa shape index (κ1) is 11.8. The van der Waals surface area contributed by atoms with Crippen molar-refractivity contribution in [2.45, 2.75) is 26.9 Å². The molecule has 0 atom stereocenters. The summed E-state index contributed by atoms with van der Waals surface area (Å²) >= 11 is 0. The second-order valence-electron chi connectivity index (χ2n) is 2.11. The van der Waals surface area contributed by atoms with E-state index in [1.807, 2.05) is 20.8 Å². The molecule has 0 rings (SSSR count). The maximum absolute atomic E-state index is 5.30. The van der Waals surface area contributed by atoms with Crippen LogP contribution in [0.1, 0.15) is 20.8 Å². The van der Waals surface area contributed by atoms with Crippen molar-refractivity contribution in [1.29, 1.82) is 0 Å². The van der Waals surface area contributed by atoms with Gasteiger partial charge in [-0.25, -0.2) is 5.32 Å². The van der Waals surface area contributed by atoms with E-state index in [0.29, 0.717) is 19.8 Å². The second-order valence-corrected chi connectivity index (χ2v) is 2.11. The molecule has 0 spiro atoms. The lowest BCUT2D eigenvalue weighted by Crippen LogP contribution is -2.50. The summed E-state index contributed by atoms with van der Waals surface area (Å²) in [5, 5.41) is 2.85. The SMILES string of the molecule is CCOC(NC)(OCC)OCC. The predicted octanol–water partition coefficient (Wildman–Crippen LogP) is 0.927. The molecule has 0 aliphatic rings. The fourth-order valence-electron chi connectivity index (χ4n) is 0.912. The van der Waals surface area contributed by atoms with Crippen LogP contribution in [0.25, 0.3) is 0 Å². The number of hydrogen-bond donors (Lipinski definition) is 1. The van der Waals surface area contributed by atoms with Crippen LogP contribution in [0.4, 0.5) is 0 Å². The van der Waals surface area contributed by atoms with E-state index >= 15 is 0 Å². The third-order valence-electron chi connectivity index (χ3n) is 1.31. The smallest absolute Gasteiger partial charge is 0.314 e. The molecule has 0 radical (unpaired) electrons. The Kier molecular flexibility index (Phi) is 6.28. The van der Waals surface area contributed by atoms with Gasteiger partial charge in [0.2, 0.25) is 0 Å². The van der Waals surface area contributed by atoms with Crippen molar-refractivity contribution in [1.82, 2.24) is 5.32 Å². The quantitative estimate of drug-likeness (QED) is 0.587. The van der Waals surface area contributed by atoms with Crippen LogP contribution in [0.5, 0.6) is 0 Å². The minimum Gasteiger partial charge on any atom is -0.314 e. The zero-order chi connectivity index (χ0) is 9.45. The summed E-state index contributed by atoms with van der Waals surface area (Å²) in [6, 6.07) is 0. The minimum atomic E-state index is -1.06. The van der Waals surface area contributed by atoms with Crippen LogP contribution in [-0.4, -0.2) is 33.0 Å². The average Bonchev–Trinajstić information content (AvgIpc) is 2.06. The lowest BCUT2D eigenvalue weighted by atomic mass is 10.7. The van der Waals surface area contributed by atoms with E-state index in [2.05, 4.69) is 5.32 Å². The van der Waals surface area contributed by atoms with E-state index < -0.39 is 6.10 Å². The number of nitrogens with one attached hydrogen (secondary N) is 1. The number of hydrogen-bond acceptors (Lipinski definition) is 4. The van der Waals surface area contributed by atoms with E-state index in [9.17, 15) is 0 Å². The van der Waals surface area contributed by atoms with Gasteiger partial charge in [-0.2, -0.15) is 0 Å². The molecule has 0 saturated carbocycles. The predicted molar refractivity (Wildman–Crippen MR) is 46.7 cm³/mol. The molecule has 1 N–H and O–H groups in total. The Labute approximate surface area is 74.2 Å². The van der Waals surface area contributed by atoms with E-state index in [4.69, 9.17) is 14.2 Å². The molecule has 4 heteroatoms. The van der Waals surface area contributed by atoms with Crippen molar-refractivity contribution in [3.05, 3.63) is 0 Å². The molecule has 0 amide bonds. The standard InChI is InChI=1S/C8H19NO3/c1-5-10-8(9-4,11-6-2)12-7-3/h9H,5-7H2,1-4H3. The van der Waals surface area contributed by atoms with Gasteiger partial charge in [-0.15, -0.1) is 0 Å². The average molecular weight is 177 g/mol. The molecule has 0 aromatic rings. The normalized spacial score (nSPS) is 12.0. The molecule has 74 valence electrons. The van der Waals surface area contributed by atoms with E-state index in [-0.39, 0.29) is 0 Å². The molecule has 0 heterocycles. The third kappa shape index (κ3) is 3.49. The molecule has 0 bridgehead atoms. The van der Waals surface area contributed by atoms with Gasteiger partial charge in [-0.05, 0) is 27.8 Å². The molecule has 0 aromatic carbocycles. The van der Waals surface area contributed by atoms with Crippen LogP contribution >= 0.6 is 0 Å². The van der Waals surface area contributed by atoms with Gasteiger partial charge in [0.25, 0.3) is 0 Å². The second kappa shape index (κ2) is 6.37. The van der Waals surface area contributed by atoms with Gasteiger partial charge in [0.15, 0.2) is 0 Å². The van der Waals surface area contributed by atoms with Crippen molar-refractivity contribution in [3.8, 4) is 0 Å². The highest BCUT2D eigenvalue weighted by atomic mass is 16.9. The summed E-state index contributed by atoms with van der Waals surface area (Å²) in [5.41, 5.74) is 0. The van der Waals surface area contributed by atoms with Gasteiger partial charge >= 0.3 is 6.10 Å². The molecule has 0 aromatic heterocycles. The molecule has 0 aliphatic carbocycles. The zero-order valence-corrected chi connectivity index (χ0v) is 8.35. The van der Waals surface area contributed by atoms with Gasteiger partial charge in [0, 0.05) is 0 Å². The van der Waals surface area contributed by atoms with Crippen molar-refractivity contribution in [2.24, 2.45) is 0 Å². The first-order valence-corrected chi connectivity index (χ1v) is 4.35. The van der Waals surface area contributed by atoms with Gasteiger partial charge in [0.05, 0.1) is 19.8 Å². The number of rotatable bonds is 7. The zero-order valence-electron chi connectivity index (χ0n) is 8.35. The minimum absolute atomic E-state index is 0.542. The monoisotopic (exact) mass is 177 g/mol. The Hall–Kier alpha value is -0.160. The van der Waals surface area contributed by atoms with Crippen molar-refractivity contribution in [3.63, 3.8) is 0 Å². The molecular weight excluding hydrogens is 158 g/mol. The molecule has 0 saturated heterocycles. The van der Waals surface area contributed by atoms with Crippen LogP contribution in [0, 0.1) is 0 Å². The van der Waals surface area contributed by atoms with Gasteiger partial charge in [0.1, 0.15) is 0 Å². The summed E-state index contributed by atoms with van der Waals surface area (Å²) < 4.78 is 15.9. The first-order chi connectivity index (χ1) is 5.74. The van der Waals surface area contributed by atoms with Crippen LogP contribution < -0.4 is 5.32 Å². The lowest BCUT2D eigenvalue weighted by molar-refractivity contribution is -0.391. The van der Waals surface area contributed by atoms with E-state index in [1.54, 1.807) is 7.05 Å². The Morgan fingerprint density at radius 1 is 0.917 bits per heavy atom. The molecule has 4 nitrogen and oxygen atoms in total. The van der Waals surface area contributed by atoms with Crippen molar-refractivity contribution in [2.75, 3.05) is 26.9 Å². The topological polar surface area (TPSA) is 39.7 Å². The summed E-state index contributed by atoms with van der Waals surface area (Å²) in [5.74, 6) is 0. The molecular formula is C8H19NO3. The summed E-state index contributed by atoms with van der Waals surface area (Å²) in [7, 11) is 1.74. The highest BCUT2D eigenvalue weighted by Gasteiger charge is 2.29. The Morgan fingerprint density at radius 3 is 1.42 bits per heavy atom. The highest BCUT2D eigenvalue weighted by Crippen LogP contribution is 2.10. The summed E-state index contributed by atoms with van der Waals surface area (Å²) in [6.07, 6.45) is -1.06. The maximum Gasteiger partial charge on any atom is 0.350 e. The van der Waals surface area contributed by atoms with Crippen LogP contribution in [0.2, 0.25) is 0 Å². The van der Waals surface area contributed by atoms with Crippen molar-refractivity contribution < 1.29 is 14.2 Å². The Morgan fingerprint density at radius 2 is 1.25 bits per heavy atom. The molecule has 0 fully saturated rings. The molecule has 12 heavy (non-hydrogen) atoms. The molecule has 0 aliphatic heterocycles. The fraction of sp³-hybridized carbons (Fsp3) is 1.00. The van der Waals surface area contributed by atoms with Gasteiger partial charge in [-0.3, -0.25) is 0 Å². The number of ether oxygens (including phenoxy) is 3. The highest BCUT2D eigenvalue weighted by molar-refractivity contribution is 4.48. The molecule has 0 unspecified atom stereocenters. The maximum atomic E-state index is 5.30. The van der Waals surface area contributed by atoms with Crippen molar-refractivity contribution >= 4 is 0 Å². The van der Waals surface area contributed by atoms with E-state index in [0.717, 1.165) is 0 Å². The first-order valence-electron chi connectivity index (χ1n) is 4.35. The Balaban J connectivity index is 4.06. The van der Waals surface area contributed by atoms with Crippen LogP contribution in [-0.2, 0) is 14.2 Å². The van der Waals surface area contributed by atoms with Gasteiger partial charge in [-0.1, -0.05) is 0 Å². The Bertz CT molecular complexity index is 91.5. The van der Waals surface area contributed by atoms with E-state index in [1.165, 1.54) is 0 Å². The fourth-order valence-corrected chi connectivity index (χ4v) is 0.912. The summed E-state index contributed by atoms with van der Waals surface area (Å²) in [6.45, 7) is 7.31. The van der Waals surface area contributed by atoms with Crippen LogP contribution in [0.3, 0.4) is 0 Å². The summed E-state index contributed by atoms with van der Waals surface area (Å²) in [4.78, 5) is 0. The lowest BCUT2D eigenvalue weighted by Gasteiger charge is -2.30. The largest absolute Gasteiger partial charge is 0.350 e. The third-order valence-corrected chi connectivity index (χ3v) is 1.31.